The van der Waals surface area contributed by atoms with Crippen molar-refractivity contribution in [1.82, 2.24) is 15.3 Å². The molecule has 2 aromatic carbocycles. The van der Waals surface area contributed by atoms with E-state index in [1.54, 1.807) is 7.11 Å². The second-order valence-corrected chi connectivity index (χ2v) is 6.88. The zero-order valence-electron chi connectivity index (χ0n) is 16.0. The fourth-order valence-electron chi connectivity index (χ4n) is 3.31. The van der Waals surface area contributed by atoms with E-state index in [4.69, 9.17) is 4.74 Å². The lowest BCUT2D eigenvalue weighted by Gasteiger charge is -2.17. The molecule has 2 heterocycles. The Morgan fingerprint density at radius 1 is 1.14 bits per heavy atom. The number of carbonyl (C=O) groups excluding carboxylic acids is 1. The average molecular weight is 376 g/mol. The highest BCUT2D eigenvalue weighted by Crippen LogP contribution is 2.19. The van der Waals surface area contributed by atoms with Gasteiger partial charge in [0.1, 0.15) is 11.8 Å². The number of anilines is 1. The van der Waals surface area contributed by atoms with Gasteiger partial charge in [-0.25, -0.2) is 15.6 Å². The highest BCUT2D eigenvalue weighted by molar-refractivity contribution is 6.01. The summed E-state index contributed by atoms with van der Waals surface area (Å²) < 4.78 is 5.20. The molecule has 3 aromatic rings. The number of fused-ring (bicyclic) bond motifs is 1. The maximum atomic E-state index is 12.2. The van der Waals surface area contributed by atoms with Crippen molar-refractivity contribution in [2.75, 3.05) is 12.4 Å². The standard InChI is InChI=1S/C21H21N5O2/c1-12-4-9-16-13(2)22-20(24-18(16)10-12)26-21-23-17(11-19(27)25-21)14-5-7-15(28-3)8-6-14/h4-10,17H,11H2,1-3H3,(H2,22,23,24,25,26,27)/p+1/t17-/m0/s1. The van der Waals surface area contributed by atoms with E-state index >= 15 is 0 Å². The number of aromatic nitrogens is 2. The fourth-order valence-corrected chi connectivity index (χ4v) is 3.31. The molecule has 0 aliphatic carbocycles. The molecule has 0 unspecified atom stereocenters. The van der Waals surface area contributed by atoms with Crippen LogP contribution >= 0.6 is 0 Å². The normalized spacial score (nSPS) is 16.5. The van der Waals surface area contributed by atoms with Gasteiger partial charge in [0, 0.05) is 5.39 Å². The van der Waals surface area contributed by atoms with Gasteiger partial charge >= 0.3 is 5.96 Å². The molecule has 0 bridgehead atoms. The monoisotopic (exact) mass is 376 g/mol. The van der Waals surface area contributed by atoms with Gasteiger partial charge in [0.25, 0.3) is 11.9 Å². The fraction of sp³-hybridized carbons (Fsp3) is 0.238. The molecule has 1 aromatic heterocycles. The quantitative estimate of drug-likeness (QED) is 0.642. The molecule has 7 heteroatoms. The zero-order valence-corrected chi connectivity index (χ0v) is 16.0. The number of methoxy groups -OCH3 is 1. The molecular weight excluding hydrogens is 354 g/mol. The first-order valence-corrected chi connectivity index (χ1v) is 9.11. The molecule has 1 amide bonds. The van der Waals surface area contributed by atoms with E-state index in [0.717, 1.165) is 33.5 Å². The first-order valence-electron chi connectivity index (χ1n) is 9.11. The maximum absolute atomic E-state index is 12.2. The van der Waals surface area contributed by atoms with Gasteiger partial charge in [-0.3, -0.25) is 9.79 Å². The van der Waals surface area contributed by atoms with Crippen LogP contribution in [0.3, 0.4) is 0 Å². The van der Waals surface area contributed by atoms with E-state index < -0.39 is 0 Å². The number of amides is 1. The van der Waals surface area contributed by atoms with Crippen molar-refractivity contribution in [2.45, 2.75) is 26.3 Å². The van der Waals surface area contributed by atoms with Crippen LogP contribution in [0.5, 0.6) is 5.75 Å². The molecule has 7 nitrogen and oxygen atoms in total. The molecule has 0 saturated carbocycles. The average Bonchev–Trinajstić information content (AvgIpc) is 2.67. The summed E-state index contributed by atoms with van der Waals surface area (Å²) in [6.07, 6.45) is 0.342. The maximum Gasteiger partial charge on any atom is 0.358 e. The van der Waals surface area contributed by atoms with Crippen LogP contribution in [0.15, 0.2) is 42.5 Å². The number of hydrogen-bond acceptors (Lipinski definition) is 5. The first-order chi connectivity index (χ1) is 13.5. The molecule has 0 radical (unpaired) electrons. The van der Waals surface area contributed by atoms with Gasteiger partial charge in [0.15, 0.2) is 0 Å². The molecule has 3 N–H and O–H groups in total. The predicted octanol–water partition coefficient (Wildman–Crippen LogP) is 1.36. The summed E-state index contributed by atoms with van der Waals surface area (Å²) in [5.41, 5.74) is 3.88. The lowest BCUT2D eigenvalue weighted by molar-refractivity contribution is -0.513. The van der Waals surface area contributed by atoms with E-state index in [2.05, 4.69) is 25.6 Å². The predicted molar refractivity (Wildman–Crippen MR) is 107 cm³/mol. The van der Waals surface area contributed by atoms with Gasteiger partial charge in [0.05, 0.1) is 24.7 Å². The van der Waals surface area contributed by atoms with Crippen LogP contribution in [-0.4, -0.2) is 28.9 Å². The second kappa shape index (κ2) is 7.26. The van der Waals surface area contributed by atoms with Crippen molar-refractivity contribution in [3.05, 3.63) is 59.3 Å². The number of carbonyl (C=O) groups is 1. The van der Waals surface area contributed by atoms with Crippen molar-refractivity contribution >= 4 is 28.7 Å². The van der Waals surface area contributed by atoms with Crippen molar-refractivity contribution < 1.29 is 14.5 Å². The summed E-state index contributed by atoms with van der Waals surface area (Å²) in [5, 5.41) is 6.94. The Balaban J connectivity index is 1.63. The zero-order chi connectivity index (χ0) is 19.7. The first kappa shape index (κ1) is 17.9. The van der Waals surface area contributed by atoms with Gasteiger partial charge in [-0.05, 0) is 43.2 Å². The van der Waals surface area contributed by atoms with Crippen LogP contribution in [0.1, 0.15) is 29.3 Å². The van der Waals surface area contributed by atoms with Crippen molar-refractivity contribution in [3.8, 4) is 5.75 Å². The summed E-state index contributed by atoms with van der Waals surface area (Å²) in [6, 6.07) is 13.6. The Morgan fingerprint density at radius 2 is 1.93 bits per heavy atom. The van der Waals surface area contributed by atoms with Gasteiger partial charge in [-0.2, -0.15) is 4.98 Å². The SMILES string of the molecule is COc1ccc([C@@H]2CC(=O)NC(Nc3nc(C)c4ccc(C)cc4n3)=[NH+]2)cc1. The summed E-state index contributed by atoms with van der Waals surface area (Å²) in [4.78, 5) is 24.6. The Bertz CT molecular complexity index is 1080. The number of nitrogens with zero attached hydrogens (tertiary/aromatic N) is 2. The van der Waals surface area contributed by atoms with Crippen LogP contribution in [0.2, 0.25) is 0 Å². The number of benzene rings is 2. The Hall–Kier alpha value is -3.48. The minimum Gasteiger partial charge on any atom is -0.497 e. The largest absolute Gasteiger partial charge is 0.497 e. The van der Waals surface area contributed by atoms with Crippen LogP contribution in [0.4, 0.5) is 5.95 Å². The van der Waals surface area contributed by atoms with Crippen LogP contribution < -0.4 is 20.4 Å². The Kier molecular flexibility index (Phi) is 4.65. The molecule has 28 heavy (non-hydrogen) atoms. The number of aryl methyl sites for hydroxylation is 2. The minimum atomic E-state index is -0.147. The molecule has 1 atom stereocenters. The Labute approximate surface area is 162 Å². The molecular formula is C21H22N5O2+. The van der Waals surface area contributed by atoms with E-state index in [9.17, 15) is 4.79 Å². The van der Waals surface area contributed by atoms with E-state index in [-0.39, 0.29) is 11.9 Å². The van der Waals surface area contributed by atoms with Gasteiger partial charge in [-0.1, -0.05) is 24.3 Å². The third kappa shape index (κ3) is 3.64. The van der Waals surface area contributed by atoms with Crippen molar-refractivity contribution in [2.24, 2.45) is 0 Å². The number of guanidine groups is 1. The summed E-state index contributed by atoms with van der Waals surface area (Å²) >= 11 is 0. The third-order valence-electron chi connectivity index (χ3n) is 4.77. The highest BCUT2D eigenvalue weighted by atomic mass is 16.5. The summed E-state index contributed by atoms with van der Waals surface area (Å²) in [7, 11) is 1.63. The summed E-state index contributed by atoms with van der Waals surface area (Å²) in [5.74, 6) is 1.62. The topological polar surface area (TPSA) is 90.1 Å². The summed E-state index contributed by atoms with van der Waals surface area (Å²) in [6.45, 7) is 3.98. The number of nitrogens with one attached hydrogen (secondary N) is 3. The lowest BCUT2D eigenvalue weighted by Crippen LogP contribution is -2.82. The number of rotatable bonds is 3. The van der Waals surface area contributed by atoms with Gasteiger partial charge < -0.3 is 4.74 Å². The van der Waals surface area contributed by atoms with Crippen LogP contribution in [0, 0.1) is 13.8 Å². The van der Waals surface area contributed by atoms with Gasteiger partial charge in [-0.15, -0.1) is 0 Å². The third-order valence-corrected chi connectivity index (χ3v) is 4.77. The van der Waals surface area contributed by atoms with Crippen molar-refractivity contribution in [3.63, 3.8) is 0 Å². The number of hydrogen-bond donors (Lipinski definition) is 3. The van der Waals surface area contributed by atoms with E-state index in [1.807, 2.05) is 56.3 Å². The highest BCUT2D eigenvalue weighted by Gasteiger charge is 2.28. The van der Waals surface area contributed by atoms with Gasteiger partial charge in [0.2, 0.25) is 0 Å². The van der Waals surface area contributed by atoms with Crippen molar-refractivity contribution in [1.29, 1.82) is 0 Å². The van der Waals surface area contributed by atoms with E-state index in [0.29, 0.717) is 18.3 Å². The Morgan fingerprint density at radius 3 is 2.68 bits per heavy atom. The molecule has 1 aliphatic rings. The molecule has 0 spiro atoms. The number of ether oxygens (including phenoxy) is 1. The smallest absolute Gasteiger partial charge is 0.358 e. The van der Waals surface area contributed by atoms with Crippen LogP contribution in [-0.2, 0) is 4.79 Å². The molecule has 0 saturated heterocycles. The molecule has 1 aliphatic heterocycles. The molecule has 142 valence electrons. The van der Waals surface area contributed by atoms with Crippen LogP contribution in [0.25, 0.3) is 10.9 Å². The second-order valence-electron chi connectivity index (χ2n) is 6.88. The molecule has 0 fully saturated rings. The molecule has 4 rings (SSSR count). The minimum absolute atomic E-state index is 0.0737. The lowest BCUT2D eigenvalue weighted by atomic mass is 10.0. The van der Waals surface area contributed by atoms with E-state index in [1.165, 1.54) is 0 Å².